The molecule has 1 aromatic rings. The predicted octanol–water partition coefficient (Wildman–Crippen LogP) is 2.58. The largest absolute Gasteiger partial charge is 0.456 e. The molecule has 0 unspecified atom stereocenters. The van der Waals surface area contributed by atoms with Gasteiger partial charge in [-0.05, 0) is 25.2 Å². The highest BCUT2D eigenvalue weighted by Crippen LogP contribution is 2.22. The summed E-state index contributed by atoms with van der Waals surface area (Å²) in [4.78, 5) is 25.5. The van der Waals surface area contributed by atoms with Crippen molar-refractivity contribution in [2.24, 2.45) is 0 Å². The van der Waals surface area contributed by atoms with Crippen molar-refractivity contribution in [1.29, 1.82) is 0 Å². The van der Waals surface area contributed by atoms with Gasteiger partial charge in [0, 0.05) is 37.4 Å². The number of nitrogens with one attached hydrogen (secondary N) is 1. The quantitative estimate of drug-likeness (QED) is 0.817. The summed E-state index contributed by atoms with van der Waals surface area (Å²) in [5.41, 5.74) is 1.09. The van der Waals surface area contributed by atoms with Crippen LogP contribution in [0.2, 0.25) is 0 Å². The SMILES string of the molecule is CCCCSCc1cc(C(=O)N2CCNC(=O)CC2)oc1C. The topological polar surface area (TPSA) is 62.6 Å². The Morgan fingerprint density at radius 2 is 2.27 bits per heavy atom. The highest BCUT2D eigenvalue weighted by Gasteiger charge is 2.23. The zero-order chi connectivity index (χ0) is 15.9. The summed E-state index contributed by atoms with van der Waals surface area (Å²) in [5, 5.41) is 2.77. The average Bonchev–Trinajstić information content (AvgIpc) is 2.73. The Kier molecular flexibility index (Phi) is 6.36. The third-order valence-corrected chi connectivity index (χ3v) is 4.82. The molecule has 122 valence electrons. The van der Waals surface area contributed by atoms with E-state index in [-0.39, 0.29) is 11.8 Å². The Morgan fingerprint density at radius 1 is 1.45 bits per heavy atom. The zero-order valence-corrected chi connectivity index (χ0v) is 14.1. The molecule has 0 saturated carbocycles. The molecule has 6 heteroatoms. The third-order valence-electron chi connectivity index (χ3n) is 3.73. The van der Waals surface area contributed by atoms with Crippen molar-refractivity contribution < 1.29 is 14.0 Å². The first-order chi connectivity index (χ1) is 10.6. The fraction of sp³-hybridized carbons (Fsp3) is 0.625. The van der Waals surface area contributed by atoms with E-state index in [0.29, 0.717) is 31.8 Å². The molecule has 1 aliphatic rings. The first kappa shape index (κ1) is 16.9. The number of nitrogens with zero attached hydrogens (tertiary/aromatic N) is 1. The van der Waals surface area contributed by atoms with Crippen LogP contribution in [-0.2, 0) is 10.5 Å². The van der Waals surface area contributed by atoms with E-state index in [0.717, 1.165) is 22.8 Å². The molecular weight excluding hydrogens is 300 g/mol. The summed E-state index contributed by atoms with van der Waals surface area (Å²) >= 11 is 1.87. The van der Waals surface area contributed by atoms with Crippen molar-refractivity contribution in [3.8, 4) is 0 Å². The van der Waals surface area contributed by atoms with E-state index in [1.165, 1.54) is 12.8 Å². The maximum Gasteiger partial charge on any atom is 0.289 e. The van der Waals surface area contributed by atoms with Gasteiger partial charge in [0.25, 0.3) is 5.91 Å². The molecule has 1 N–H and O–H groups in total. The van der Waals surface area contributed by atoms with E-state index < -0.39 is 0 Å². The Morgan fingerprint density at radius 3 is 3.05 bits per heavy atom. The zero-order valence-electron chi connectivity index (χ0n) is 13.3. The fourth-order valence-electron chi connectivity index (χ4n) is 2.32. The molecular formula is C16H24N2O3S. The fourth-order valence-corrected chi connectivity index (χ4v) is 3.47. The molecule has 0 bridgehead atoms. The van der Waals surface area contributed by atoms with Gasteiger partial charge in [0.05, 0.1) is 0 Å². The Balaban J connectivity index is 1.96. The monoisotopic (exact) mass is 324 g/mol. The van der Waals surface area contributed by atoms with Gasteiger partial charge in [-0.2, -0.15) is 11.8 Å². The third kappa shape index (κ3) is 4.53. The van der Waals surface area contributed by atoms with Crippen molar-refractivity contribution >= 4 is 23.6 Å². The van der Waals surface area contributed by atoms with Gasteiger partial charge < -0.3 is 14.6 Å². The van der Waals surface area contributed by atoms with Crippen molar-refractivity contribution in [2.45, 2.75) is 38.9 Å². The standard InChI is InChI=1S/C16H24N2O3S/c1-3-4-9-22-11-13-10-14(21-12(13)2)16(20)18-7-5-15(19)17-6-8-18/h10H,3-9,11H2,1-2H3,(H,17,19). The minimum absolute atomic E-state index is 0.000983. The number of carbonyl (C=O) groups excluding carboxylic acids is 2. The summed E-state index contributed by atoms with van der Waals surface area (Å²) in [6.07, 6.45) is 2.76. The molecule has 1 aliphatic heterocycles. The van der Waals surface area contributed by atoms with Crippen molar-refractivity contribution in [2.75, 3.05) is 25.4 Å². The van der Waals surface area contributed by atoms with Crippen LogP contribution in [0, 0.1) is 6.92 Å². The van der Waals surface area contributed by atoms with E-state index in [2.05, 4.69) is 12.2 Å². The van der Waals surface area contributed by atoms with Crippen LogP contribution < -0.4 is 5.32 Å². The van der Waals surface area contributed by atoms with Gasteiger partial charge in [0.15, 0.2) is 5.76 Å². The molecule has 1 aromatic heterocycles. The van der Waals surface area contributed by atoms with Gasteiger partial charge >= 0.3 is 0 Å². The molecule has 2 amide bonds. The summed E-state index contributed by atoms with van der Waals surface area (Å²) in [6.45, 7) is 5.57. The Labute approximate surface area is 135 Å². The normalized spacial score (nSPS) is 15.5. The van der Waals surface area contributed by atoms with E-state index in [1.54, 1.807) is 4.90 Å². The second-order valence-corrected chi connectivity index (χ2v) is 6.60. The molecule has 0 aliphatic carbocycles. The van der Waals surface area contributed by atoms with Gasteiger partial charge in [-0.1, -0.05) is 13.3 Å². The van der Waals surface area contributed by atoms with Crippen LogP contribution in [0.25, 0.3) is 0 Å². The van der Waals surface area contributed by atoms with E-state index >= 15 is 0 Å². The highest BCUT2D eigenvalue weighted by atomic mass is 32.2. The Hall–Kier alpha value is -1.43. The molecule has 0 spiro atoms. The van der Waals surface area contributed by atoms with Gasteiger partial charge in [-0.15, -0.1) is 0 Å². The summed E-state index contributed by atoms with van der Waals surface area (Å²) in [6, 6.07) is 1.86. The maximum atomic E-state index is 12.5. The van der Waals surface area contributed by atoms with Crippen LogP contribution >= 0.6 is 11.8 Å². The summed E-state index contributed by atoms with van der Waals surface area (Å²) in [7, 11) is 0. The van der Waals surface area contributed by atoms with Gasteiger partial charge in [-0.25, -0.2) is 0 Å². The molecule has 0 radical (unpaired) electrons. The van der Waals surface area contributed by atoms with Crippen LogP contribution in [0.3, 0.4) is 0 Å². The molecule has 5 nitrogen and oxygen atoms in total. The van der Waals surface area contributed by atoms with Crippen molar-refractivity contribution in [1.82, 2.24) is 10.2 Å². The number of carbonyl (C=O) groups is 2. The van der Waals surface area contributed by atoms with Gasteiger partial charge in [0.1, 0.15) is 5.76 Å². The van der Waals surface area contributed by atoms with E-state index in [1.807, 2.05) is 24.8 Å². The average molecular weight is 324 g/mol. The number of unbranched alkanes of at least 4 members (excludes halogenated alkanes) is 1. The highest BCUT2D eigenvalue weighted by molar-refractivity contribution is 7.98. The van der Waals surface area contributed by atoms with Crippen LogP contribution in [-0.4, -0.2) is 42.1 Å². The van der Waals surface area contributed by atoms with Crippen LogP contribution in [0.4, 0.5) is 0 Å². The lowest BCUT2D eigenvalue weighted by Gasteiger charge is -2.17. The smallest absolute Gasteiger partial charge is 0.289 e. The second kappa shape index (κ2) is 8.27. The van der Waals surface area contributed by atoms with Gasteiger partial charge in [0.2, 0.25) is 5.91 Å². The molecule has 1 fully saturated rings. The number of hydrogen-bond donors (Lipinski definition) is 1. The molecule has 2 heterocycles. The second-order valence-electron chi connectivity index (χ2n) is 5.49. The number of aryl methyl sites for hydroxylation is 1. The molecule has 0 aromatic carbocycles. The maximum absolute atomic E-state index is 12.5. The molecule has 0 atom stereocenters. The van der Waals surface area contributed by atoms with Crippen molar-refractivity contribution in [3.63, 3.8) is 0 Å². The molecule has 2 rings (SSSR count). The summed E-state index contributed by atoms with van der Waals surface area (Å²) in [5.74, 6) is 3.09. The van der Waals surface area contributed by atoms with Crippen LogP contribution in [0.5, 0.6) is 0 Å². The minimum atomic E-state index is -0.121. The first-order valence-electron chi connectivity index (χ1n) is 7.85. The van der Waals surface area contributed by atoms with Crippen LogP contribution in [0.15, 0.2) is 10.5 Å². The van der Waals surface area contributed by atoms with E-state index in [9.17, 15) is 9.59 Å². The summed E-state index contributed by atoms with van der Waals surface area (Å²) < 4.78 is 5.64. The molecule has 1 saturated heterocycles. The lowest BCUT2D eigenvalue weighted by molar-refractivity contribution is -0.120. The minimum Gasteiger partial charge on any atom is -0.456 e. The van der Waals surface area contributed by atoms with Crippen molar-refractivity contribution in [3.05, 3.63) is 23.2 Å². The van der Waals surface area contributed by atoms with E-state index in [4.69, 9.17) is 4.42 Å². The number of thioether (sulfide) groups is 1. The number of furan rings is 1. The Bertz CT molecular complexity index is 527. The number of amides is 2. The lowest BCUT2D eigenvalue weighted by atomic mass is 10.2. The predicted molar refractivity (Wildman–Crippen MR) is 88.0 cm³/mol. The first-order valence-corrected chi connectivity index (χ1v) is 9.00. The van der Waals surface area contributed by atoms with Crippen LogP contribution in [0.1, 0.15) is 48.1 Å². The number of hydrogen-bond acceptors (Lipinski definition) is 4. The van der Waals surface area contributed by atoms with Gasteiger partial charge in [-0.3, -0.25) is 9.59 Å². The molecule has 22 heavy (non-hydrogen) atoms. The lowest BCUT2D eigenvalue weighted by Crippen LogP contribution is -2.34. The number of rotatable bonds is 6.